The van der Waals surface area contributed by atoms with E-state index in [2.05, 4.69) is 9.97 Å². The van der Waals surface area contributed by atoms with Gasteiger partial charge >= 0.3 is 0 Å². The lowest BCUT2D eigenvalue weighted by Gasteiger charge is -2.24. The summed E-state index contributed by atoms with van der Waals surface area (Å²) in [5.41, 5.74) is 1.28. The number of hydrogen-bond donors (Lipinski definition) is 0. The molecule has 2 saturated heterocycles. The number of likely N-dealkylation sites (tertiary alicyclic amines) is 1. The molecule has 0 aromatic carbocycles. The average Bonchev–Trinajstić information content (AvgIpc) is 3.24. The predicted octanol–water partition coefficient (Wildman–Crippen LogP) is 1.56. The molecule has 0 bridgehead atoms. The third-order valence-corrected chi connectivity index (χ3v) is 4.99. The second-order valence-electron chi connectivity index (χ2n) is 5.46. The molecule has 4 rings (SSSR count). The van der Waals surface area contributed by atoms with Gasteiger partial charge in [0.15, 0.2) is 0 Å². The first-order valence-electron chi connectivity index (χ1n) is 7.17. The van der Waals surface area contributed by atoms with Crippen LogP contribution in [0.5, 0.6) is 0 Å². The van der Waals surface area contributed by atoms with E-state index in [4.69, 9.17) is 0 Å². The van der Waals surface area contributed by atoms with E-state index in [1.54, 1.807) is 22.4 Å². The summed E-state index contributed by atoms with van der Waals surface area (Å²) in [5.74, 6) is -0.0504. The number of anilines is 1. The molecule has 2 aliphatic heterocycles. The number of amides is 2. The first-order chi connectivity index (χ1) is 10.8. The van der Waals surface area contributed by atoms with Crippen LogP contribution in [0.3, 0.4) is 0 Å². The minimum absolute atomic E-state index is 0.0677. The van der Waals surface area contributed by atoms with E-state index >= 15 is 0 Å². The van der Waals surface area contributed by atoms with Crippen LogP contribution in [0, 0.1) is 0 Å². The lowest BCUT2D eigenvalue weighted by molar-refractivity contribution is -0.117. The van der Waals surface area contributed by atoms with Crippen LogP contribution in [-0.4, -0.2) is 45.3 Å². The van der Waals surface area contributed by atoms with Crippen LogP contribution in [0.4, 0.5) is 5.69 Å². The Morgan fingerprint density at radius 3 is 2.95 bits per heavy atom. The van der Waals surface area contributed by atoms with Crippen molar-refractivity contribution in [2.75, 3.05) is 11.4 Å². The highest BCUT2D eigenvalue weighted by atomic mass is 32.1. The summed E-state index contributed by atoms with van der Waals surface area (Å²) in [6, 6.07) is 1.96. The lowest BCUT2D eigenvalue weighted by Crippen LogP contribution is -2.40. The van der Waals surface area contributed by atoms with E-state index in [1.165, 1.54) is 12.4 Å². The van der Waals surface area contributed by atoms with Crippen LogP contribution in [0.25, 0.3) is 0 Å². The molecule has 7 heteroatoms. The molecule has 0 N–H and O–H groups in total. The monoisotopic (exact) mass is 314 g/mol. The number of rotatable bonds is 2. The van der Waals surface area contributed by atoms with Crippen LogP contribution < -0.4 is 4.90 Å². The van der Waals surface area contributed by atoms with Crippen molar-refractivity contribution >= 4 is 28.8 Å². The Balaban J connectivity index is 1.60. The van der Waals surface area contributed by atoms with Gasteiger partial charge in [-0.1, -0.05) is 0 Å². The molecule has 0 spiro atoms. The van der Waals surface area contributed by atoms with Crippen LogP contribution in [0.1, 0.15) is 23.3 Å². The van der Waals surface area contributed by atoms with Crippen LogP contribution >= 0.6 is 11.3 Å². The van der Waals surface area contributed by atoms with Crippen molar-refractivity contribution in [3.8, 4) is 0 Å². The van der Waals surface area contributed by atoms with Crippen molar-refractivity contribution in [3.63, 3.8) is 0 Å². The molecule has 112 valence electrons. The first kappa shape index (κ1) is 13.4. The van der Waals surface area contributed by atoms with Gasteiger partial charge in [-0.15, -0.1) is 0 Å². The van der Waals surface area contributed by atoms with Crippen molar-refractivity contribution in [3.05, 3.63) is 41.1 Å². The lowest BCUT2D eigenvalue weighted by atomic mass is 10.1. The standard InChI is InChI=1S/C15H14N4O2S/c20-14-7-13-12(19(14)10-2-6-22-9-10)1-5-18(13)15(21)11-8-16-3-4-17-11/h2-4,6,8-9,12-13H,1,5,7H2. The van der Waals surface area contributed by atoms with E-state index in [1.807, 2.05) is 21.7 Å². The zero-order chi connectivity index (χ0) is 15.1. The van der Waals surface area contributed by atoms with Gasteiger partial charge in [0.2, 0.25) is 5.91 Å². The van der Waals surface area contributed by atoms with E-state index in [0.717, 1.165) is 12.1 Å². The van der Waals surface area contributed by atoms with E-state index < -0.39 is 0 Å². The van der Waals surface area contributed by atoms with Crippen molar-refractivity contribution in [1.82, 2.24) is 14.9 Å². The van der Waals surface area contributed by atoms with Gasteiger partial charge in [0.1, 0.15) is 5.69 Å². The number of fused-ring (bicyclic) bond motifs is 1. The van der Waals surface area contributed by atoms with Gasteiger partial charge in [0.05, 0.1) is 24.0 Å². The van der Waals surface area contributed by atoms with Gasteiger partial charge in [-0.3, -0.25) is 14.6 Å². The van der Waals surface area contributed by atoms with E-state index in [9.17, 15) is 9.59 Å². The van der Waals surface area contributed by atoms with Crippen LogP contribution in [0.15, 0.2) is 35.4 Å². The number of carbonyl (C=O) groups is 2. The minimum atomic E-state index is -0.138. The number of aromatic nitrogens is 2. The Labute approximate surface area is 131 Å². The van der Waals surface area contributed by atoms with Crippen molar-refractivity contribution in [2.24, 2.45) is 0 Å². The summed E-state index contributed by atoms with van der Waals surface area (Å²) < 4.78 is 0. The molecule has 6 nitrogen and oxygen atoms in total. The summed E-state index contributed by atoms with van der Waals surface area (Å²) in [7, 11) is 0. The molecule has 2 aromatic heterocycles. The maximum absolute atomic E-state index is 12.6. The average molecular weight is 314 g/mol. The molecule has 22 heavy (non-hydrogen) atoms. The maximum atomic E-state index is 12.6. The first-order valence-corrected chi connectivity index (χ1v) is 8.11. The number of thiophene rings is 1. The molecular weight excluding hydrogens is 300 g/mol. The van der Waals surface area contributed by atoms with Crippen LogP contribution in [0.2, 0.25) is 0 Å². The normalized spacial score (nSPS) is 23.9. The fraction of sp³-hybridized carbons (Fsp3) is 0.333. The molecule has 2 aliphatic rings. The largest absolute Gasteiger partial charge is 0.332 e. The molecule has 2 atom stereocenters. The fourth-order valence-corrected chi connectivity index (χ4v) is 4.01. The highest BCUT2D eigenvalue weighted by molar-refractivity contribution is 7.08. The number of hydrogen-bond acceptors (Lipinski definition) is 5. The smallest absolute Gasteiger partial charge is 0.274 e. The molecule has 0 aliphatic carbocycles. The quantitative estimate of drug-likeness (QED) is 0.844. The molecule has 2 amide bonds. The minimum Gasteiger partial charge on any atom is -0.332 e. The summed E-state index contributed by atoms with van der Waals surface area (Å²) in [4.78, 5) is 36.6. The van der Waals surface area contributed by atoms with Crippen molar-refractivity contribution < 1.29 is 9.59 Å². The molecule has 2 aromatic rings. The van der Waals surface area contributed by atoms with Crippen molar-refractivity contribution in [1.29, 1.82) is 0 Å². The van der Waals surface area contributed by atoms with E-state index in [0.29, 0.717) is 18.7 Å². The Morgan fingerprint density at radius 2 is 2.23 bits per heavy atom. The topological polar surface area (TPSA) is 66.4 Å². The zero-order valence-corrected chi connectivity index (χ0v) is 12.6. The molecule has 2 unspecified atom stereocenters. The Bertz CT molecular complexity index is 704. The third-order valence-electron chi connectivity index (χ3n) is 4.32. The van der Waals surface area contributed by atoms with Crippen molar-refractivity contribution in [2.45, 2.75) is 24.9 Å². The van der Waals surface area contributed by atoms with Gasteiger partial charge in [0.25, 0.3) is 5.91 Å². The number of nitrogens with zero attached hydrogens (tertiary/aromatic N) is 4. The van der Waals surface area contributed by atoms with Gasteiger partial charge < -0.3 is 9.80 Å². The SMILES string of the molecule is O=C(c1cnccn1)N1CCC2C1CC(=O)N2c1ccsc1. The molecule has 2 fully saturated rings. The number of carbonyl (C=O) groups excluding carboxylic acids is 2. The van der Waals surface area contributed by atoms with E-state index in [-0.39, 0.29) is 23.9 Å². The molecule has 0 radical (unpaired) electrons. The second kappa shape index (κ2) is 5.17. The molecule has 0 saturated carbocycles. The fourth-order valence-electron chi connectivity index (χ4n) is 3.39. The molecule has 4 heterocycles. The van der Waals surface area contributed by atoms with Crippen LogP contribution in [-0.2, 0) is 4.79 Å². The van der Waals surface area contributed by atoms with Gasteiger partial charge in [-0.25, -0.2) is 4.98 Å². The highest BCUT2D eigenvalue weighted by Gasteiger charge is 2.49. The summed E-state index contributed by atoms with van der Waals surface area (Å²) in [5, 5.41) is 3.95. The second-order valence-corrected chi connectivity index (χ2v) is 6.24. The third kappa shape index (κ3) is 2.00. The van der Waals surface area contributed by atoms with Gasteiger partial charge in [-0.05, 0) is 17.9 Å². The maximum Gasteiger partial charge on any atom is 0.274 e. The van der Waals surface area contributed by atoms with Gasteiger partial charge in [-0.2, -0.15) is 11.3 Å². The summed E-state index contributed by atoms with van der Waals surface area (Å²) >= 11 is 1.57. The van der Waals surface area contributed by atoms with Gasteiger partial charge in [0, 0.05) is 30.7 Å². The highest BCUT2D eigenvalue weighted by Crippen LogP contribution is 2.37. The zero-order valence-electron chi connectivity index (χ0n) is 11.8. The Hall–Kier alpha value is -2.28. The summed E-state index contributed by atoms with van der Waals surface area (Å²) in [6.07, 6.45) is 5.72. The predicted molar refractivity (Wildman–Crippen MR) is 81.7 cm³/mol. The summed E-state index contributed by atoms with van der Waals surface area (Å²) in [6.45, 7) is 0.651. The molecular formula is C15H14N4O2S. The Kier molecular flexibility index (Phi) is 3.15. The Morgan fingerprint density at radius 1 is 1.32 bits per heavy atom.